The molecule has 7 heteroatoms. The summed E-state index contributed by atoms with van der Waals surface area (Å²) >= 11 is 3.31. The number of para-hydroxylation sites is 1. The topological polar surface area (TPSA) is 64.6 Å². The SMILES string of the molecule is Cc1ccc(S(=O)(=O)NCc2cccc3c2OCCO3)c(Br)c1. The molecule has 0 bridgehead atoms. The van der Waals surface area contributed by atoms with Gasteiger partial charge in [0.2, 0.25) is 10.0 Å². The zero-order valence-electron chi connectivity index (χ0n) is 12.5. The zero-order chi connectivity index (χ0) is 16.4. The van der Waals surface area contributed by atoms with E-state index in [2.05, 4.69) is 20.7 Å². The average molecular weight is 398 g/mol. The Kier molecular flexibility index (Phi) is 4.61. The number of fused-ring (bicyclic) bond motifs is 1. The maximum absolute atomic E-state index is 12.5. The molecule has 0 spiro atoms. The Bertz CT molecular complexity index is 836. The first-order chi connectivity index (χ1) is 11.0. The Labute approximate surface area is 143 Å². The summed E-state index contributed by atoms with van der Waals surface area (Å²) in [5.74, 6) is 1.24. The van der Waals surface area contributed by atoms with Crippen molar-refractivity contribution in [1.29, 1.82) is 0 Å². The van der Waals surface area contributed by atoms with Crippen LogP contribution in [0.5, 0.6) is 11.5 Å². The summed E-state index contributed by atoms with van der Waals surface area (Å²) in [6.45, 7) is 3.00. The third-order valence-corrected chi connectivity index (χ3v) is 5.86. The van der Waals surface area contributed by atoms with Crippen LogP contribution in [0.3, 0.4) is 0 Å². The summed E-state index contributed by atoms with van der Waals surface area (Å²) in [5.41, 5.74) is 1.73. The van der Waals surface area contributed by atoms with Crippen LogP contribution in [0.15, 0.2) is 45.8 Å². The Morgan fingerprint density at radius 3 is 2.74 bits per heavy atom. The fraction of sp³-hybridized carbons (Fsp3) is 0.250. The number of rotatable bonds is 4. The van der Waals surface area contributed by atoms with Gasteiger partial charge in [-0.1, -0.05) is 18.2 Å². The third-order valence-electron chi connectivity index (χ3n) is 3.48. The van der Waals surface area contributed by atoms with Gasteiger partial charge in [-0.2, -0.15) is 0 Å². The van der Waals surface area contributed by atoms with Crippen molar-refractivity contribution in [2.75, 3.05) is 13.2 Å². The lowest BCUT2D eigenvalue weighted by molar-refractivity contribution is 0.170. The molecule has 0 radical (unpaired) electrons. The van der Waals surface area contributed by atoms with Gasteiger partial charge in [-0.3, -0.25) is 0 Å². The molecule has 1 N–H and O–H groups in total. The average Bonchev–Trinajstić information content (AvgIpc) is 2.52. The Balaban J connectivity index is 1.83. The fourth-order valence-electron chi connectivity index (χ4n) is 2.35. The van der Waals surface area contributed by atoms with Crippen molar-refractivity contribution in [3.8, 4) is 11.5 Å². The first kappa shape index (κ1) is 16.3. The van der Waals surface area contributed by atoms with E-state index in [4.69, 9.17) is 9.47 Å². The molecule has 1 aliphatic heterocycles. The maximum Gasteiger partial charge on any atom is 0.241 e. The molecule has 0 amide bonds. The molecule has 0 saturated heterocycles. The van der Waals surface area contributed by atoms with Crippen molar-refractivity contribution in [1.82, 2.24) is 4.72 Å². The van der Waals surface area contributed by atoms with Crippen LogP contribution < -0.4 is 14.2 Å². The second-order valence-corrected chi connectivity index (χ2v) is 7.79. The minimum Gasteiger partial charge on any atom is -0.486 e. The van der Waals surface area contributed by atoms with Gasteiger partial charge in [0.25, 0.3) is 0 Å². The van der Waals surface area contributed by atoms with Gasteiger partial charge in [0.05, 0.1) is 4.90 Å². The summed E-state index contributed by atoms with van der Waals surface area (Å²) in [6, 6.07) is 10.6. The van der Waals surface area contributed by atoms with Gasteiger partial charge in [0.15, 0.2) is 11.5 Å². The van der Waals surface area contributed by atoms with Gasteiger partial charge >= 0.3 is 0 Å². The highest BCUT2D eigenvalue weighted by Gasteiger charge is 2.20. The number of nitrogens with one attached hydrogen (secondary N) is 1. The molecule has 2 aromatic carbocycles. The van der Waals surface area contributed by atoms with Gasteiger partial charge < -0.3 is 9.47 Å². The molecule has 3 rings (SSSR count). The highest BCUT2D eigenvalue weighted by atomic mass is 79.9. The molecule has 1 heterocycles. The van der Waals surface area contributed by atoms with Crippen LogP contribution >= 0.6 is 15.9 Å². The second-order valence-electron chi connectivity index (χ2n) is 5.20. The minimum atomic E-state index is -3.63. The summed E-state index contributed by atoms with van der Waals surface area (Å²) in [6.07, 6.45) is 0. The lowest BCUT2D eigenvalue weighted by Gasteiger charge is -2.21. The smallest absolute Gasteiger partial charge is 0.241 e. The predicted molar refractivity (Wildman–Crippen MR) is 90.3 cm³/mol. The monoisotopic (exact) mass is 397 g/mol. The molecule has 122 valence electrons. The van der Waals surface area contributed by atoms with Crippen LogP contribution in [0.4, 0.5) is 0 Å². The van der Waals surface area contributed by atoms with E-state index in [1.54, 1.807) is 18.2 Å². The molecule has 2 aromatic rings. The summed E-state index contributed by atoms with van der Waals surface area (Å²) in [5, 5.41) is 0. The van der Waals surface area contributed by atoms with Crippen LogP contribution in [0.2, 0.25) is 0 Å². The predicted octanol–water partition coefficient (Wildman–Crippen LogP) is 3.01. The molecule has 1 aliphatic rings. The number of sulfonamides is 1. The summed E-state index contributed by atoms with van der Waals surface area (Å²) in [7, 11) is -3.63. The number of halogens is 1. The zero-order valence-corrected chi connectivity index (χ0v) is 14.9. The van der Waals surface area contributed by atoms with E-state index in [-0.39, 0.29) is 11.4 Å². The van der Waals surface area contributed by atoms with Crippen molar-refractivity contribution >= 4 is 26.0 Å². The van der Waals surface area contributed by atoms with E-state index in [9.17, 15) is 8.42 Å². The van der Waals surface area contributed by atoms with Gasteiger partial charge in [0.1, 0.15) is 13.2 Å². The first-order valence-corrected chi connectivity index (χ1v) is 9.38. The van der Waals surface area contributed by atoms with Crippen LogP contribution in [0, 0.1) is 6.92 Å². The van der Waals surface area contributed by atoms with Gasteiger partial charge in [-0.25, -0.2) is 13.1 Å². The van der Waals surface area contributed by atoms with Gasteiger partial charge in [0, 0.05) is 16.6 Å². The number of aryl methyl sites for hydroxylation is 1. The molecule has 23 heavy (non-hydrogen) atoms. The summed E-state index contributed by atoms with van der Waals surface area (Å²) in [4.78, 5) is 0.213. The standard InChI is InChI=1S/C16H16BrNO4S/c1-11-5-6-15(13(17)9-11)23(19,20)18-10-12-3-2-4-14-16(12)22-8-7-21-14/h2-6,9,18H,7-8,10H2,1H3. The Morgan fingerprint density at radius 2 is 1.96 bits per heavy atom. The normalized spacial score (nSPS) is 13.8. The molecular weight excluding hydrogens is 382 g/mol. The largest absolute Gasteiger partial charge is 0.486 e. The molecular formula is C16H16BrNO4S. The van der Waals surface area contributed by atoms with E-state index >= 15 is 0 Å². The van der Waals surface area contributed by atoms with Crippen LogP contribution in [-0.4, -0.2) is 21.6 Å². The van der Waals surface area contributed by atoms with E-state index in [1.807, 2.05) is 25.1 Å². The molecule has 0 fully saturated rings. The number of hydrogen-bond donors (Lipinski definition) is 1. The minimum absolute atomic E-state index is 0.134. The lowest BCUT2D eigenvalue weighted by atomic mass is 10.2. The van der Waals surface area contributed by atoms with Gasteiger partial charge in [-0.15, -0.1) is 0 Å². The summed E-state index contributed by atoms with van der Waals surface area (Å²) < 4.78 is 39.2. The highest BCUT2D eigenvalue weighted by Crippen LogP contribution is 2.33. The number of ether oxygens (including phenoxy) is 2. The van der Waals surface area contributed by atoms with Crippen LogP contribution in [0.25, 0.3) is 0 Å². The number of hydrogen-bond acceptors (Lipinski definition) is 4. The Hall–Kier alpha value is -1.57. The van der Waals surface area contributed by atoms with Crippen molar-refractivity contribution in [3.05, 3.63) is 52.0 Å². The third kappa shape index (κ3) is 3.52. The second kappa shape index (κ2) is 6.51. The van der Waals surface area contributed by atoms with Crippen molar-refractivity contribution < 1.29 is 17.9 Å². The van der Waals surface area contributed by atoms with E-state index in [0.717, 1.165) is 11.1 Å². The quantitative estimate of drug-likeness (QED) is 0.860. The molecule has 0 saturated carbocycles. The Morgan fingerprint density at radius 1 is 1.17 bits per heavy atom. The van der Waals surface area contributed by atoms with Crippen molar-refractivity contribution in [3.63, 3.8) is 0 Å². The number of benzene rings is 2. The first-order valence-electron chi connectivity index (χ1n) is 7.11. The maximum atomic E-state index is 12.5. The van der Waals surface area contributed by atoms with E-state index in [1.165, 1.54) is 0 Å². The molecule has 0 unspecified atom stereocenters. The highest BCUT2D eigenvalue weighted by molar-refractivity contribution is 9.10. The molecule has 0 atom stereocenters. The van der Waals surface area contributed by atoms with Crippen molar-refractivity contribution in [2.45, 2.75) is 18.4 Å². The fourth-order valence-corrected chi connectivity index (χ4v) is 4.54. The van der Waals surface area contributed by atoms with E-state index < -0.39 is 10.0 Å². The lowest BCUT2D eigenvalue weighted by Crippen LogP contribution is -2.25. The van der Waals surface area contributed by atoms with Crippen molar-refractivity contribution in [2.24, 2.45) is 0 Å². The van der Waals surface area contributed by atoms with Crippen LogP contribution in [-0.2, 0) is 16.6 Å². The molecule has 5 nitrogen and oxygen atoms in total. The molecule has 0 aliphatic carbocycles. The van der Waals surface area contributed by atoms with Gasteiger partial charge in [-0.05, 0) is 46.6 Å². The van der Waals surface area contributed by atoms with E-state index in [0.29, 0.717) is 29.2 Å². The molecule has 0 aromatic heterocycles. The van der Waals surface area contributed by atoms with Crippen LogP contribution in [0.1, 0.15) is 11.1 Å².